The molecule has 1 saturated heterocycles. The highest BCUT2D eigenvalue weighted by atomic mass is 35.5. The van der Waals surface area contributed by atoms with E-state index in [9.17, 15) is 19.5 Å². The van der Waals surface area contributed by atoms with Gasteiger partial charge in [-0.1, -0.05) is 76.2 Å². The summed E-state index contributed by atoms with van der Waals surface area (Å²) in [5, 5.41) is 17.7. The monoisotopic (exact) mass is 647 g/mol. The molecule has 0 radical (unpaired) electrons. The van der Waals surface area contributed by atoms with Crippen LogP contribution in [-0.2, 0) is 25.8 Å². The number of aliphatic carboxylic acids is 1. The Bertz CT molecular complexity index is 1570. The standard InChI is InChI=1S/C26H16Cl5F2N3O4/c27-10-5-11(28)7-13(6-10)34-22(37)18-19(23(38)39)25(15-8-12(29)9-17(31)20(15)35-24(25)40)36-21(18)26(32,33)14-3-1-2-4-16(14)30/h1-9,18-19,21,36H,(H,34,37)(H,35,40)(H,38,39). The van der Waals surface area contributed by atoms with Crippen LogP contribution in [-0.4, -0.2) is 28.9 Å². The first-order chi connectivity index (χ1) is 18.8. The molecule has 0 aliphatic carbocycles. The third kappa shape index (κ3) is 4.58. The number of rotatable bonds is 5. The fourth-order valence-corrected chi connectivity index (χ4v) is 6.72. The summed E-state index contributed by atoms with van der Waals surface area (Å²) in [4.78, 5) is 40.2. The van der Waals surface area contributed by atoms with E-state index in [0.717, 1.165) is 6.07 Å². The lowest BCUT2D eigenvalue weighted by molar-refractivity contribution is -0.151. The molecule has 4 unspecified atom stereocenters. The maximum Gasteiger partial charge on any atom is 0.310 e. The summed E-state index contributed by atoms with van der Waals surface area (Å²) < 4.78 is 32.8. The van der Waals surface area contributed by atoms with E-state index in [1.165, 1.54) is 48.5 Å². The minimum atomic E-state index is -3.96. The number of halogens is 7. The molecule has 1 spiro atoms. The number of carbonyl (C=O) groups is 3. The first-order valence-corrected chi connectivity index (χ1v) is 13.4. The number of carboxylic acids is 1. The molecule has 0 saturated carbocycles. The Kier molecular flexibility index (Phi) is 7.44. The summed E-state index contributed by atoms with van der Waals surface area (Å²) in [5.41, 5.74) is -3.13. The van der Waals surface area contributed by atoms with Crippen LogP contribution in [0.3, 0.4) is 0 Å². The van der Waals surface area contributed by atoms with Crippen LogP contribution in [0, 0.1) is 11.8 Å². The molecule has 4 N–H and O–H groups in total. The molecule has 3 aromatic rings. The lowest BCUT2D eigenvalue weighted by Gasteiger charge is -2.30. The maximum atomic E-state index is 16.4. The highest BCUT2D eigenvalue weighted by molar-refractivity contribution is 6.38. The normalized spacial score (nSPS) is 23.7. The van der Waals surface area contributed by atoms with Gasteiger partial charge in [0.05, 0.1) is 22.7 Å². The Morgan fingerprint density at radius 1 is 0.925 bits per heavy atom. The smallest absolute Gasteiger partial charge is 0.310 e. The van der Waals surface area contributed by atoms with Crippen LogP contribution in [0.25, 0.3) is 0 Å². The fourth-order valence-electron chi connectivity index (χ4n) is 5.39. The largest absolute Gasteiger partial charge is 0.481 e. The second-order valence-corrected chi connectivity index (χ2v) is 11.4. The quantitative estimate of drug-likeness (QED) is 0.243. The third-order valence-corrected chi connectivity index (χ3v) is 8.25. The van der Waals surface area contributed by atoms with Gasteiger partial charge in [0.2, 0.25) is 11.8 Å². The van der Waals surface area contributed by atoms with E-state index in [4.69, 9.17) is 58.0 Å². The maximum absolute atomic E-state index is 16.4. The number of amides is 2. The second-order valence-electron chi connectivity index (χ2n) is 9.29. The van der Waals surface area contributed by atoms with Gasteiger partial charge in [-0.25, -0.2) is 0 Å². The molecular formula is C26H16Cl5F2N3O4. The molecule has 7 nitrogen and oxygen atoms in total. The Labute approximate surface area is 250 Å². The Morgan fingerprint density at radius 3 is 2.17 bits per heavy atom. The summed E-state index contributed by atoms with van der Waals surface area (Å²) in [6.07, 6.45) is 0. The van der Waals surface area contributed by atoms with Crippen LogP contribution < -0.4 is 16.0 Å². The number of alkyl halides is 2. The Balaban J connectivity index is 1.73. The number of carboxylic acid groups (broad SMARTS) is 1. The molecule has 0 aromatic heterocycles. The molecule has 5 rings (SSSR count). The number of anilines is 2. The van der Waals surface area contributed by atoms with E-state index >= 15 is 8.78 Å². The fraction of sp³-hybridized carbons (Fsp3) is 0.192. The average Bonchev–Trinajstić information content (AvgIpc) is 3.36. The van der Waals surface area contributed by atoms with Gasteiger partial charge in [-0.2, -0.15) is 8.78 Å². The van der Waals surface area contributed by atoms with Crippen molar-refractivity contribution in [3.63, 3.8) is 0 Å². The Morgan fingerprint density at radius 2 is 1.55 bits per heavy atom. The van der Waals surface area contributed by atoms with E-state index < -0.39 is 52.7 Å². The molecule has 40 heavy (non-hydrogen) atoms. The van der Waals surface area contributed by atoms with Gasteiger partial charge in [0.1, 0.15) is 11.5 Å². The van der Waals surface area contributed by atoms with Crippen molar-refractivity contribution >= 4 is 87.2 Å². The van der Waals surface area contributed by atoms with Gasteiger partial charge in [0.15, 0.2) is 0 Å². The van der Waals surface area contributed by atoms with Crippen LogP contribution in [0.5, 0.6) is 0 Å². The van der Waals surface area contributed by atoms with Crippen molar-refractivity contribution in [3.8, 4) is 0 Å². The number of hydrogen-bond donors (Lipinski definition) is 4. The molecule has 2 aliphatic heterocycles. The number of nitrogens with one attached hydrogen (secondary N) is 3. The van der Waals surface area contributed by atoms with Gasteiger partial charge in [0.25, 0.3) is 5.92 Å². The Hall–Kier alpha value is -2.66. The van der Waals surface area contributed by atoms with Crippen molar-refractivity contribution in [3.05, 3.63) is 90.8 Å². The van der Waals surface area contributed by atoms with Crippen LogP contribution >= 0.6 is 58.0 Å². The van der Waals surface area contributed by atoms with Gasteiger partial charge < -0.3 is 15.7 Å². The first kappa shape index (κ1) is 28.9. The topological polar surface area (TPSA) is 108 Å². The van der Waals surface area contributed by atoms with Crippen molar-refractivity contribution in [2.24, 2.45) is 11.8 Å². The van der Waals surface area contributed by atoms with Crippen molar-refractivity contribution in [2.75, 3.05) is 10.6 Å². The van der Waals surface area contributed by atoms with Crippen LogP contribution in [0.15, 0.2) is 54.6 Å². The molecular weight excluding hydrogens is 634 g/mol. The van der Waals surface area contributed by atoms with Crippen LogP contribution in [0.1, 0.15) is 11.1 Å². The predicted octanol–water partition coefficient (Wildman–Crippen LogP) is 6.82. The molecule has 1 fully saturated rings. The average molecular weight is 650 g/mol. The van der Waals surface area contributed by atoms with Gasteiger partial charge >= 0.3 is 5.97 Å². The highest BCUT2D eigenvalue weighted by Gasteiger charge is 2.71. The zero-order valence-corrected chi connectivity index (χ0v) is 23.5. The van der Waals surface area contributed by atoms with E-state index in [0.29, 0.717) is 0 Å². The number of benzene rings is 3. The summed E-state index contributed by atoms with van der Waals surface area (Å²) in [6, 6.07) is 9.30. The van der Waals surface area contributed by atoms with Crippen LogP contribution in [0.4, 0.5) is 20.2 Å². The SMILES string of the molecule is O=C(Nc1cc(Cl)cc(Cl)c1)C1C(C(F)(F)c2ccccc2Cl)NC2(C(=O)Nc3c(Cl)cc(Cl)cc32)C1C(=O)O. The molecule has 2 amide bonds. The van der Waals surface area contributed by atoms with Gasteiger partial charge in [-0.15, -0.1) is 0 Å². The van der Waals surface area contributed by atoms with Crippen molar-refractivity contribution in [1.82, 2.24) is 5.32 Å². The van der Waals surface area contributed by atoms with Crippen LogP contribution in [0.2, 0.25) is 25.1 Å². The lowest BCUT2D eigenvalue weighted by atomic mass is 9.74. The zero-order chi connectivity index (χ0) is 29.1. The summed E-state index contributed by atoms with van der Waals surface area (Å²) in [7, 11) is 0. The van der Waals surface area contributed by atoms with Crippen molar-refractivity contribution < 1.29 is 28.3 Å². The molecule has 2 aliphatic rings. The first-order valence-electron chi connectivity index (χ1n) is 11.5. The summed E-state index contributed by atoms with van der Waals surface area (Å²) >= 11 is 30.6. The van der Waals surface area contributed by atoms with Gasteiger partial charge in [-0.3, -0.25) is 19.7 Å². The molecule has 0 bridgehead atoms. The van der Waals surface area contributed by atoms with Crippen molar-refractivity contribution in [1.29, 1.82) is 0 Å². The summed E-state index contributed by atoms with van der Waals surface area (Å²) in [6.45, 7) is 0. The van der Waals surface area contributed by atoms with E-state index in [-0.39, 0.29) is 42.1 Å². The van der Waals surface area contributed by atoms with E-state index in [1.54, 1.807) is 0 Å². The number of carbonyl (C=O) groups excluding carboxylic acids is 2. The van der Waals surface area contributed by atoms with E-state index in [1.807, 2.05) is 0 Å². The molecule has 208 valence electrons. The predicted molar refractivity (Wildman–Crippen MR) is 149 cm³/mol. The number of hydrogen-bond acceptors (Lipinski definition) is 4. The molecule has 4 atom stereocenters. The van der Waals surface area contributed by atoms with Crippen molar-refractivity contribution in [2.45, 2.75) is 17.5 Å². The summed E-state index contributed by atoms with van der Waals surface area (Å²) in [5.74, 6) is -11.9. The minimum absolute atomic E-state index is 0.0152. The highest BCUT2D eigenvalue weighted by Crippen LogP contribution is 2.56. The zero-order valence-electron chi connectivity index (χ0n) is 19.7. The molecule has 14 heteroatoms. The molecule has 2 heterocycles. The molecule has 3 aromatic carbocycles. The van der Waals surface area contributed by atoms with Gasteiger partial charge in [0, 0.05) is 36.9 Å². The second kappa shape index (κ2) is 10.3. The number of fused-ring (bicyclic) bond motifs is 2. The van der Waals surface area contributed by atoms with E-state index in [2.05, 4.69) is 16.0 Å². The van der Waals surface area contributed by atoms with Gasteiger partial charge in [-0.05, 0) is 36.4 Å². The third-order valence-electron chi connectivity index (χ3n) is 6.97. The minimum Gasteiger partial charge on any atom is -0.481 e. The lowest BCUT2D eigenvalue weighted by Crippen LogP contribution is -2.53.